The molecule has 0 aliphatic carbocycles. The van der Waals surface area contributed by atoms with Crippen LogP contribution >= 0.6 is 0 Å². The van der Waals surface area contributed by atoms with E-state index in [9.17, 15) is 5.11 Å². The Hall–Kier alpha value is 0.354. The molecule has 0 aromatic carbocycles. The summed E-state index contributed by atoms with van der Waals surface area (Å²) in [6.45, 7) is 20.6. The van der Waals surface area contributed by atoms with Gasteiger partial charge in [0.1, 0.15) is 0 Å². The molecule has 0 amide bonds. The molecule has 0 radical (unpaired) electrons. The van der Waals surface area contributed by atoms with Crippen molar-refractivity contribution in [3.05, 3.63) is 0 Å². The van der Waals surface area contributed by atoms with Crippen molar-refractivity contribution in [2.45, 2.75) is 78.1 Å². The molecule has 1 unspecified atom stereocenters. The highest BCUT2D eigenvalue weighted by molar-refractivity contribution is 6.76. The average molecular weight is 291 g/mol. The fraction of sp³-hybridized carbons (Fsp3) is 1.00. The van der Waals surface area contributed by atoms with Crippen molar-refractivity contribution >= 4 is 16.4 Å². The summed E-state index contributed by atoms with van der Waals surface area (Å²) in [7, 11) is -2.71. The first-order valence-electron chi connectivity index (χ1n) is 6.99. The van der Waals surface area contributed by atoms with Crippen LogP contribution in [-0.4, -0.2) is 33.7 Å². The van der Waals surface area contributed by atoms with Gasteiger partial charge in [0.2, 0.25) is 0 Å². The molecule has 18 heavy (non-hydrogen) atoms. The van der Waals surface area contributed by atoms with Crippen molar-refractivity contribution in [2.24, 2.45) is 5.41 Å². The second-order valence-electron chi connectivity index (χ2n) is 8.86. The SMILES string of the molecule is CC(CO)(CC(C)(C)O[Si](C)(C)C)C[Si](C)(C)C. The first kappa shape index (κ1) is 18.4. The Morgan fingerprint density at radius 1 is 0.944 bits per heavy atom. The molecule has 4 heteroatoms. The highest BCUT2D eigenvalue weighted by Gasteiger charge is 2.38. The van der Waals surface area contributed by atoms with Crippen LogP contribution in [0.15, 0.2) is 0 Å². The molecule has 0 rings (SSSR count). The van der Waals surface area contributed by atoms with Gasteiger partial charge >= 0.3 is 0 Å². The Labute approximate surface area is 116 Å². The maximum atomic E-state index is 9.79. The Kier molecular flexibility index (Phi) is 5.89. The Bertz CT molecular complexity index is 264. The van der Waals surface area contributed by atoms with Gasteiger partial charge in [-0.25, -0.2) is 0 Å². The number of hydrogen-bond acceptors (Lipinski definition) is 2. The highest BCUT2D eigenvalue weighted by Crippen LogP contribution is 2.38. The third-order valence-corrected chi connectivity index (χ3v) is 5.85. The summed E-state index contributed by atoms with van der Waals surface area (Å²) in [5.74, 6) is 0. The molecule has 0 heterocycles. The van der Waals surface area contributed by atoms with E-state index < -0.39 is 16.4 Å². The lowest BCUT2D eigenvalue weighted by molar-refractivity contribution is 0.0250. The summed E-state index contributed by atoms with van der Waals surface area (Å²) in [5, 5.41) is 9.79. The van der Waals surface area contributed by atoms with Crippen molar-refractivity contribution in [3.63, 3.8) is 0 Å². The maximum Gasteiger partial charge on any atom is 0.184 e. The van der Waals surface area contributed by atoms with E-state index >= 15 is 0 Å². The first-order valence-corrected chi connectivity index (χ1v) is 14.1. The lowest BCUT2D eigenvalue weighted by Crippen LogP contribution is -2.44. The largest absolute Gasteiger partial charge is 0.413 e. The third kappa shape index (κ3) is 8.45. The molecule has 0 fully saturated rings. The summed E-state index contributed by atoms with van der Waals surface area (Å²) < 4.78 is 6.28. The molecule has 2 nitrogen and oxygen atoms in total. The molecular formula is C14H34O2Si2. The van der Waals surface area contributed by atoms with Crippen LogP contribution in [0.4, 0.5) is 0 Å². The van der Waals surface area contributed by atoms with Crippen LogP contribution in [0.1, 0.15) is 27.2 Å². The van der Waals surface area contributed by atoms with Gasteiger partial charge < -0.3 is 9.53 Å². The Balaban J connectivity index is 4.80. The summed E-state index contributed by atoms with van der Waals surface area (Å²) in [5.41, 5.74) is -0.144. The highest BCUT2D eigenvalue weighted by atomic mass is 28.4. The van der Waals surface area contributed by atoms with Crippen molar-refractivity contribution in [1.82, 2.24) is 0 Å². The standard InChI is InChI=1S/C14H34O2Si2/c1-13(2,16-18(7,8)9)10-14(3,11-15)12-17(4,5)6/h15H,10-12H2,1-9H3. The smallest absolute Gasteiger partial charge is 0.184 e. The summed E-state index contributed by atoms with van der Waals surface area (Å²) in [6.07, 6.45) is 0.936. The monoisotopic (exact) mass is 290 g/mol. The molecule has 0 aliphatic rings. The number of rotatable bonds is 7. The number of hydrogen-bond donors (Lipinski definition) is 1. The van der Waals surface area contributed by atoms with Crippen LogP contribution < -0.4 is 0 Å². The van der Waals surface area contributed by atoms with Gasteiger partial charge in [0.25, 0.3) is 0 Å². The summed E-state index contributed by atoms with van der Waals surface area (Å²) >= 11 is 0. The fourth-order valence-corrected chi connectivity index (χ4v) is 7.87. The van der Waals surface area contributed by atoms with E-state index in [0.717, 1.165) is 12.5 Å². The molecule has 110 valence electrons. The van der Waals surface area contributed by atoms with Crippen LogP contribution in [0, 0.1) is 5.41 Å². The number of aliphatic hydroxyl groups is 1. The third-order valence-electron chi connectivity index (χ3n) is 2.77. The van der Waals surface area contributed by atoms with Gasteiger partial charge in [-0.2, -0.15) is 0 Å². The molecule has 0 saturated carbocycles. The predicted octanol–water partition coefficient (Wildman–Crippen LogP) is 4.34. The van der Waals surface area contributed by atoms with Crippen LogP contribution in [0.5, 0.6) is 0 Å². The zero-order valence-corrected chi connectivity index (χ0v) is 16.0. The molecule has 0 spiro atoms. The molecule has 0 saturated heterocycles. The average Bonchev–Trinajstić information content (AvgIpc) is 1.93. The van der Waals surface area contributed by atoms with E-state index in [1.807, 2.05) is 0 Å². The predicted molar refractivity (Wildman–Crippen MR) is 86.5 cm³/mol. The van der Waals surface area contributed by atoms with Crippen molar-refractivity contribution in [3.8, 4) is 0 Å². The van der Waals surface area contributed by atoms with E-state index in [0.29, 0.717) is 0 Å². The molecule has 0 aromatic rings. The van der Waals surface area contributed by atoms with Crippen LogP contribution in [-0.2, 0) is 4.43 Å². The molecule has 1 N–H and O–H groups in total. The molecule has 0 aromatic heterocycles. The van der Waals surface area contributed by atoms with Gasteiger partial charge in [-0.05, 0) is 51.4 Å². The zero-order chi connectivity index (χ0) is 14.8. The van der Waals surface area contributed by atoms with E-state index in [4.69, 9.17) is 4.43 Å². The normalized spacial score (nSPS) is 17.7. The minimum atomic E-state index is -1.53. The van der Waals surface area contributed by atoms with Crippen LogP contribution in [0.3, 0.4) is 0 Å². The minimum Gasteiger partial charge on any atom is -0.413 e. The van der Waals surface area contributed by atoms with E-state index in [1.165, 1.54) is 0 Å². The van der Waals surface area contributed by atoms with Gasteiger partial charge in [0, 0.05) is 14.7 Å². The van der Waals surface area contributed by atoms with Crippen LogP contribution in [0.25, 0.3) is 0 Å². The van der Waals surface area contributed by atoms with Gasteiger partial charge in [-0.3, -0.25) is 0 Å². The van der Waals surface area contributed by atoms with Gasteiger partial charge in [-0.1, -0.05) is 26.6 Å². The molecule has 0 aliphatic heterocycles. The number of aliphatic hydroxyl groups excluding tert-OH is 1. The molecule has 0 bridgehead atoms. The summed E-state index contributed by atoms with van der Waals surface area (Å²) in [6, 6.07) is 1.15. The molecule has 1 atom stereocenters. The van der Waals surface area contributed by atoms with Crippen LogP contribution in [0.2, 0.25) is 45.3 Å². The van der Waals surface area contributed by atoms with Crippen molar-refractivity contribution in [2.75, 3.05) is 6.61 Å². The lowest BCUT2D eigenvalue weighted by atomic mass is 9.82. The fourth-order valence-electron chi connectivity index (χ4n) is 3.35. The second-order valence-corrected chi connectivity index (χ2v) is 18.8. The zero-order valence-electron chi connectivity index (χ0n) is 14.0. The Morgan fingerprint density at radius 3 is 1.67 bits per heavy atom. The van der Waals surface area contributed by atoms with E-state index in [2.05, 4.69) is 60.1 Å². The topological polar surface area (TPSA) is 29.5 Å². The Morgan fingerprint density at radius 2 is 1.39 bits per heavy atom. The molecular weight excluding hydrogens is 256 g/mol. The first-order chi connectivity index (χ1) is 7.68. The quantitative estimate of drug-likeness (QED) is 0.707. The van der Waals surface area contributed by atoms with Gasteiger partial charge in [0.15, 0.2) is 8.32 Å². The van der Waals surface area contributed by atoms with E-state index in [-0.39, 0.29) is 17.6 Å². The van der Waals surface area contributed by atoms with Gasteiger partial charge in [0.05, 0.1) is 5.60 Å². The van der Waals surface area contributed by atoms with Crippen molar-refractivity contribution < 1.29 is 9.53 Å². The van der Waals surface area contributed by atoms with Gasteiger partial charge in [-0.15, -0.1) is 0 Å². The maximum absolute atomic E-state index is 9.79. The minimum absolute atomic E-state index is 0.00633. The van der Waals surface area contributed by atoms with E-state index in [1.54, 1.807) is 0 Å². The lowest BCUT2D eigenvalue weighted by Gasteiger charge is -2.42. The summed E-state index contributed by atoms with van der Waals surface area (Å²) in [4.78, 5) is 0. The van der Waals surface area contributed by atoms with Crippen molar-refractivity contribution in [1.29, 1.82) is 0 Å². The second kappa shape index (κ2) is 5.77.